The second-order valence-corrected chi connectivity index (χ2v) is 6.65. The lowest BCUT2D eigenvalue weighted by Gasteiger charge is -2.38. The maximum Gasteiger partial charge on any atom is 0.246 e. The quantitative estimate of drug-likeness (QED) is 0.800. The molecule has 1 aromatic heterocycles. The molecule has 0 spiro atoms. The predicted octanol–water partition coefficient (Wildman–Crippen LogP) is 2.39. The minimum atomic E-state index is 0.0817. The molecule has 2 saturated heterocycles. The first kappa shape index (κ1) is 16.3. The number of ether oxygens (including phenoxy) is 1. The minimum absolute atomic E-state index is 0.0817. The highest BCUT2D eigenvalue weighted by Crippen LogP contribution is 2.21. The van der Waals surface area contributed by atoms with Gasteiger partial charge < -0.3 is 14.1 Å². The van der Waals surface area contributed by atoms with Gasteiger partial charge in [0.15, 0.2) is 0 Å². The first-order valence-corrected chi connectivity index (χ1v) is 8.52. The van der Waals surface area contributed by atoms with Gasteiger partial charge in [0, 0.05) is 38.3 Å². The minimum Gasteiger partial charge on any atom is -0.465 e. The van der Waals surface area contributed by atoms with Crippen molar-refractivity contribution < 1.29 is 13.9 Å². The van der Waals surface area contributed by atoms with Crippen LogP contribution in [-0.4, -0.2) is 60.1 Å². The Morgan fingerprint density at radius 2 is 2.13 bits per heavy atom. The van der Waals surface area contributed by atoms with Crippen molar-refractivity contribution in [2.24, 2.45) is 0 Å². The molecular weight excluding hydrogens is 292 g/mol. The molecular formula is C18H26N2O3. The lowest BCUT2D eigenvalue weighted by molar-refractivity contribution is -0.127. The van der Waals surface area contributed by atoms with Gasteiger partial charge in [-0.1, -0.05) is 0 Å². The summed E-state index contributed by atoms with van der Waals surface area (Å²) in [5.74, 6) is 0.795. The van der Waals surface area contributed by atoms with Gasteiger partial charge in [0.1, 0.15) is 5.76 Å². The van der Waals surface area contributed by atoms with E-state index in [1.54, 1.807) is 18.4 Å². The van der Waals surface area contributed by atoms with Crippen molar-refractivity contribution in [2.75, 3.05) is 26.2 Å². The van der Waals surface area contributed by atoms with Gasteiger partial charge in [-0.25, -0.2) is 0 Å². The number of nitrogens with zero attached hydrogens (tertiary/aromatic N) is 2. The van der Waals surface area contributed by atoms with Gasteiger partial charge in [-0.2, -0.15) is 0 Å². The first-order chi connectivity index (χ1) is 11.1. The molecule has 5 nitrogen and oxygen atoms in total. The average molecular weight is 318 g/mol. The molecule has 3 atom stereocenters. The Kier molecular flexibility index (Phi) is 5.18. The standard InChI is InChI=1S/C18H26N2O3/c1-14-11-19(12-15(2)23-14)13-16-5-3-9-20(16)18(21)8-7-17-6-4-10-22-17/h4,6-8,10,14-16H,3,5,9,11-13H2,1-2H3/b8-7+. The van der Waals surface area contributed by atoms with Gasteiger partial charge in [-0.05, 0) is 44.9 Å². The maximum absolute atomic E-state index is 12.5. The van der Waals surface area contributed by atoms with Crippen LogP contribution in [0.3, 0.4) is 0 Å². The van der Waals surface area contributed by atoms with E-state index >= 15 is 0 Å². The molecule has 2 fully saturated rings. The molecule has 3 heterocycles. The van der Waals surface area contributed by atoms with E-state index in [1.165, 1.54) is 0 Å². The molecule has 0 aliphatic carbocycles. The fraction of sp³-hybridized carbons (Fsp3) is 0.611. The lowest BCUT2D eigenvalue weighted by atomic mass is 10.1. The third-order valence-electron chi connectivity index (χ3n) is 4.56. The topological polar surface area (TPSA) is 45.9 Å². The molecule has 3 unspecified atom stereocenters. The van der Waals surface area contributed by atoms with E-state index in [0.29, 0.717) is 11.8 Å². The Balaban J connectivity index is 1.57. The van der Waals surface area contributed by atoms with Crippen molar-refractivity contribution in [3.63, 3.8) is 0 Å². The van der Waals surface area contributed by atoms with Crippen LogP contribution in [0.4, 0.5) is 0 Å². The molecule has 0 saturated carbocycles. The van der Waals surface area contributed by atoms with Crippen LogP contribution < -0.4 is 0 Å². The molecule has 1 aromatic rings. The van der Waals surface area contributed by atoms with Crippen molar-refractivity contribution in [2.45, 2.75) is 44.9 Å². The zero-order valence-corrected chi connectivity index (χ0v) is 14.0. The zero-order chi connectivity index (χ0) is 16.2. The van der Waals surface area contributed by atoms with Crippen molar-refractivity contribution in [3.8, 4) is 0 Å². The Labute approximate surface area is 137 Å². The summed E-state index contributed by atoms with van der Waals surface area (Å²) in [7, 11) is 0. The van der Waals surface area contributed by atoms with Crippen molar-refractivity contribution in [1.82, 2.24) is 9.80 Å². The van der Waals surface area contributed by atoms with Crippen LogP contribution in [0.15, 0.2) is 28.9 Å². The second kappa shape index (κ2) is 7.32. The van der Waals surface area contributed by atoms with Crippen LogP contribution in [0.25, 0.3) is 6.08 Å². The van der Waals surface area contributed by atoms with E-state index < -0.39 is 0 Å². The summed E-state index contributed by atoms with van der Waals surface area (Å²) in [4.78, 5) is 16.9. The predicted molar refractivity (Wildman–Crippen MR) is 88.9 cm³/mol. The number of hydrogen-bond acceptors (Lipinski definition) is 4. The third-order valence-corrected chi connectivity index (χ3v) is 4.56. The molecule has 0 aromatic carbocycles. The molecule has 0 bridgehead atoms. The fourth-order valence-corrected chi connectivity index (χ4v) is 3.68. The summed E-state index contributed by atoms with van der Waals surface area (Å²) >= 11 is 0. The maximum atomic E-state index is 12.5. The van der Waals surface area contributed by atoms with Crippen LogP contribution in [0.2, 0.25) is 0 Å². The molecule has 0 N–H and O–H groups in total. The largest absolute Gasteiger partial charge is 0.465 e. The molecule has 1 amide bonds. The summed E-state index contributed by atoms with van der Waals surface area (Å²) in [5.41, 5.74) is 0. The zero-order valence-electron chi connectivity index (χ0n) is 14.0. The smallest absolute Gasteiger partial charge is 0.246 e. The van der Waals surface area contributed by atoms with E-state index in [4.69, 9.17) is 9.15 Å². The Bertz CT molecular complexity index is 530. The number of carbonyl (C=O) groups excluding carboxylic acids is 1. The van der Waals surface area contributed by atoms with Gasteiger partial charge in [0.25, 0.3) is 0 Å². The van der Waals surface area contributed by atoms with E-state index in [9.17, 15) is 4.79 Å². The normalized spacial score (nSPS) is 29.5. The number of furan rings is 1. The highest BCUT2D eigenvalue weighted by Gasteiger charge is 2.31. The molecule has 5 heteroatoms. The second-order valence-electron chi connectivity index (χ2n) is 6.65. The van der Waals surface area contributed by atoms with Crippen molar-refractivity contribution in [3.05, 3.63) is 30.2 Å². The van der Waals surface area contributed by atoms with E-state index in [0.717, 1.165) is 39.0 Å². The number of likely N-dealkylation sites (tertiary alicyclic amines) is 1. The van der Waals surface area contributed by atoms with Gasteiger partial charge in [0.2, 0.25) is 5.91 Å². The monoisotopic (exact) mass is 318 g/mol. The number of morpholine rings is 1. The average Bonchev–Trinajstić information content (AvgIpc) is 3.15. The number of rotatable bonds is 4. The summed E-state index contributed by atoms with van der Waals surface area (Å²) in [6, 6.07) is 3.98. The van der Waals surface area contributed by atoms with Crippen LogP contribution >= 0.6 is 0 Å². The van der Waals surface area contributed by atoms with Crippen LogP contribution in [0.5, 0.6) is 0 Å². The molecule has 2 aliphatic rings. The van der Waals surface area contributed by atoms with Crippen molar-refractivity contribution >= 4 is 12.0 Å². The Morgan fingerprint density at radius 3 is 2.83 bits per heavy atom. The van der Waals surface area contributed by atoms with E-state index in [2.05, 4.69) is 18.7 Å². The van der Waals surface area contributed by atoms with Gasteiger partial charge in [-0.3, -0.25) is 9.69 Å². The lowest BCUT2D eigenvalue weighted by Crippen LogP contribution is -2.50. The van der Waals surface area contributed by atoms with Crippen molar-refractivity contribution in [1.29, 1.82) is 0 Å². The Hall–Kier alpha value is -1.59. The summed E-state index contributed by atoms with van der Waals surface area (Å²) in [6.07, 6.45) is 7.69. The fourth-order valence-electron chi connectivity index (χ4n) is 3.68. The number of carbonyl (C=O) groups is 1. The van der Waals surface area contributed by atoms with Crippen LogP contribution in [-0.2, 0) is 9.53 Å². The molecule has 2 aliphatic heterocycles. The Morgan fingerprint density at radius 1 is 1.35 bits per heavy atom. The number of amides is 1. The molecule has 3 rings (SSSR count). The molecule has 0 radical (unpaired) electrons. The first-order valence-electron chi connectivity index (χ1n) is 8.52. The van der Waals surface area contributed by atoms with Crippen LogP contribution in [0.1, 0.15) is 32.4 Å². The summed E-state index contributed by atoms with van der Waals surface area (Å²) < 4.78 is 11.0. The summed E-state index contributed by atoms with van der Waals surface area (Å²) in [5, 5.41) is 0. The SMILES string of the molecule is CC1CN(CC2CCCN2C(=O)/C=C/c2ccco2)CC(C)O1. The van der Waals surface area contributed by atoms with E-state index in [1.807, 2.05) is 17.0 Å². The number of hydrogen-bond donors (Lipinski definition) is 0. The summed E-state index contributed by atoms with van der Waals surface area (Å²) in [6.45, 7) is 7.93. The van der Waals surface area contributed by atoms with E-state index in [-0.39, 0.29) is 18.1 Å². The molecule has 126 valence electrons. The highest BCUT2D eigenvalue weighted by atomic mass is 16.5. The van der Waals surface area contributed by atoms with Crippen LogP contribution in [0, 0.1) is 0 Å². The van der Waals surface area contributed by atoms with Gasteiger partial charge in [0.05, 0.1) is 18.5 Å². The molecule has 23 heavy (non-hydrogen) atoms. The van der Waals surface area contributed by atoms with Gasteiger partial charge in [-0.15, -0.1) is 0 Å². The third kappa shape index (κ3) is 4.24. The van der Waals surface area contributed by atoms with Gasteiger partial charge >= 0.3 is 0 Å². The highest BCUT2D eigenvalue weighted by molar-refractivity contribution is 5.91.